The minimum Gasteiger partial charge on any atom is -0.363 e. The Morgan fingerprint density at radius 1 is 1.00 bits per heavy atom. The molecule has 1 unspecified atom stereocenters. The molecule has 4 aromatic rings. The van der Waals surface area contributed by atoms with Gasteiger partial charge in [-0.05, 0) is 48.2 Å². The van der Waals surface area contributed by atoms with E-state index in [1.165, 1.54) is 5.56 Å². The van der Waals surface area contributed by atoms with Gasteiger partial charge in [-0.1, -0.05) is 60.2 Å². The summed E-state index contributed by atoms with van der Waals surface area (Å²) in [5.74, 6) is 0. The first-order valence-electron chi connectivity index (χ1n) is 10.3. The number of hydrogen-bond donors (Lipinski definition) is 0. The second kappa shape index (κ2) is 8.99. The monoisotopic (exact) mass is 407 g/mol. The van der Waals surface area contributed by atoms with Crippen molar-refractivity contribution in [2.24, 2.45) is 7.05 Å². The predicted octanol–water partition coefficient (Wildman–Crippen LogP) is 5.88. The van der Waals surface area contributed by atoms with Crippen LogP contribution in [0.5, 0.6) is 0 Å². The molecule has 1 heterocycles. The molecule has 0 aliphatic carbocycles. The lowest BCUT2D eigenvalue weighted by Gasteiger charge is -2.21. The average Bonchev–Trinajstić information content (AvgIpc) is 3.21. The number of nitrogens with zero attached hydrogens (tertiary/aromatic N) is 3. The fourth-order valence-electron chi connectivity index (χ4n) is 3.76. The zero-order valence-corrected chi connectivity index (χ0v) is 18.0. The highest BCUT2D eigenvalue weighted by molar-refractivity contribution is 5.74. The molecule has 0 bridgehead atoms. The van der Waals surface area contributed by atoms with Gasteiger partial charge in [0.15, 0.2) is 0 Å². The van der Waals surface area contributed by atoms with Gasteiger partial charge in [0.25, 0.3) is 0 Å². The lowest BCUT2D eigenvalue weighted by Crippen LogP contribution is -2.11. The fourth-order valence-corrected chi connectivity index (χ4v) is 3.76. The van der Waals surface area contributed by atoms with Gasteiger partial charge in [0.1, 0.15) is 6.10 Å². The smallest absolute Gasteiger partial charge is 0.124 e. The molecule has 4 rings (SSSR count). The molecule has 0 saturated heterocycles. The zero-order chi connectivity index (χ0) is 21.8. The number of hydrogen-bond acceptors (Lipinski definition) is 3. The Morgan fingerprint density at radius 2 is 1.77 bits per heavy atom. The van der Waals surface area contributed by atoms with E-state index in [2.05, 4.69) is 67.4 Å². The first-order chi connectivity index (χ1) is 15.1. The number of ether oxygens (including phenoxy) is 1. The Kier molecular flexibility index (Phi) is 5.97. The van der Waals surface area contributed by atoms with Crippen LogP contribution in [-0.4, -0.2) is 9.55 Å². The van der Waals surface area contributed by atoms with Crippen molar-refractivity contribution in [3.05, 3.63) is 113 Å². The molecule has 0 saturated carbocycles. The van der Waals surface area contributed by atoms with E-state index in [1.54, 1.807) is 6.33 Å². The normalized spacial score (nSPS) is 11.8. The molecule has 0 amide bonds. The molecule has 154 valence electrons. The lowest BCUT2D eigenvalue weighted by molar-refractivity contribution is 0.0622. The van der Waals surface area contributed by atoms with E-state index >= 15 is 0 Å². The van der Waals surface area contributed by atoms with Gasteiger partial charge in [0.2, 0.25) is 0 Å². The fraction of sp³-hybridized carbons (Fsp3) is 0.185. The van der Waals surface area contributed by atoms with Crippen LogP contribution in [0.2, 0.25) is 0 Å². The van der Waals surface area contributed by atoms with Gasteiger partial charge in [-0.15, -0.1) is 0 Å². The maximum Gasteiger partial charge on any atom is 0.124 e. The molecule has 4 heteroatoms. The molecular weight excluding hydrogens is 382 g/mol. The van der Waals surface area contributed by atoms with Crippen LogP contribution in [0.3, 0.4) is 0 Å². The summed E-state index contributed by atoms with van der Waals surface area (Å²) in [7, 11) is 1.97. The van der Waals surface area contributed by atoms with Crippen LogP contribution in [0, 0.1) is 25.2 Å². The van der Waals surface area contributed by atoms with Gasteiger partial charge in [-0.2, -0.15) is 5.26 Å². The van der Waals surface area contributed by atoms with Crippen molar-refractivity contribution < 1.29 is 4.74 Å². The maximum absolute atomic E-state index is 9.71. The summed E-state index contributed by atoms with van der Waals surface area (Å²) >= 11 is 0. The van der Waals surface area contributed by atoms with E-state index in [-0.39, 0.29) is 6.10 Å². The highest BCUT2D eigenvalue weighted by Crippen LogP contribution is 2.33. The Hall–Kier alpha value is -3.68. The van der Waals surface area contributed by atoms with Crippen LogP contribution in [0.25, 0.3) is 11.1 Å². The van der Waals surface area contributed by atoms with Gasteiger partial charge in [-0.3, -0.25) is 0 Å². The molecule has 3 aromatic carbocycles. The van der Waals surface area contributed by atoms with E-state index in [1.807, 2.05) is 42.1 Å². The summed E-state index contributed by atoms with van der Waals surface area (Å²) in [6.45, 7) is 4.62. The molecule has 0 aliphatic heterocycles. The van der Waals surface area contributed by atoms with Crippen LogP contribution in [-0.2, 0) is 18.4 Å². The summed E-state index contributed by atoms with van der Waals surface area (Å²) in [5.41, 5.74) is 8.06. The molecule has 1 aromatic heterocycles. The molecule has 0 spiro atoms. The van der Waals surface area contributed by atoms with Gasteiger partial charge in [0.05, 0.1) is 36.5 Å². The highest BCUT2D eigenvalue weighted by Gasteiger charge is 2.20. The number of aromatic nitrogens is 2. The van der Waals surface area contributed by atoms with Crippen molar-refractivity contribution in [1.29, 1.82) is 5.26 Å². The van der Waals surface area contributed by atoms with Gasteiger partial charge in [-0.25, -0.2) is 4.98 Å². The van der Waals surface area contributed by atoms with Crippen molar-refractivity contribution in [2.75, 3.05) is 0 Å². The molecule has 1 atom stereocenters. The van der Waals surface area contributed by atoms with Crippen LogP contribution in [0.15, 0.2) is 79.3 Å². The molecular formula is C27H25N3O. The van der Waals surface area contributed by atoms with Gasteiger partial charge in [0, 0.05) is 12.6 Å². The van der Waals surface area contributed by atoms with Crippen molar-refractivity contribution in [1.82, 2.24) is 9.55 Å². The molecule has 0 fully saturated rings. The lowest BCUT2D eigenvalue weighted by atomic mass is 9.93. The quantitative estimate of drug-likeness (QED) is 0.401. The maximum atomic E-state index is 9.71. The second-order valence-electron chi connectivity index (χ2n) is 7.84. The number of rotatable bonds is 6. The SMILES string of the molecule is Cc1ccc(COC(c2ccc(C#N)c(-c3ccccc3C)c2)c2cncn2C)cc1. The summed E-state index contributed by atoms with van der Waals surface area (Å²) in [4.78, 5) is 4.29. The summed E-state index contributed by atoms with van der Waals surface area (Å²) in [6.07, 6.45) is 3.32. The minimum atomic E-state index is -0.302. The number of benzene rings is 3. The van der Waals surface area contributed by atoms with E-state index in [9.17, 15) is 5.26 Å². The summed E-state index contributed by atoms with van der Waals surface area (Å²) in [6, 6.07) is 24.8. The molecule has 4 nitrogen and oxygen atoms in total. The van der Waals surface area contributed by atoms with Crippen molar-refractivity contribution in [2.45, 2.75) is 26.6 Å². The van der Waals surface area contributed by atoms with E-state index < -0.39 is 0 Å². The van der Waals surface area contributed by atoms with Crippen LogP contribution < -0.4 is 0 Å². The largest absolute Gasteiger partial charge is 0.363 e. The number of nitriles is 1. The molecule has 31 heavy (non-hydrogen) atoms. The number of aryl methyl sites for hydroxylation is 3. The van der Waals surface area contributed by atoms with Crippen LogP contribution in [0.1, 0.15) is 39.6 Å². The first-order valence-corrected chi connectivity index (χ1v) is 10.3. The van der Waals surface area contributed by atoms with Gasteiger partial charge >= 0.3 is 0 Å². The third-order valence-electron chi connectivity index (χ3n) is 5.56. The third-order valence-corrected chi connectivity index (χ3v) is 5.56. The van der Waals surface area contributed by atoms with E-state index in [0.29, 0.717) is 12.2 Å². The first kappa shape index (κ1) is 20.6. The average molecular weight is 408 g/mol. The zero-order valence-electron chi connectivity index (χ0n) is 18.0. The summed E-state index contributed by atoms with van der Waals surface area (Å²) < 4.78 is 8.41. The topological polar surface area (TPSA) is 50.8 Å². The Bertz CT molecular complexity index is 1230. The van der Waals surface area contributed by atoms with E-state index in [0.717, 1.165) is 33.5 Å². The number of imidazole rings is 1. The van der Waals surface area contributed by atoms with Crippen LogP contribution >= 0.6 is 0 Å². The van der Waals surface area contributed by atoms with Crippen molar-refractivity contribution >= 4 is 0 Å². The van der Waals surface area contributed by atoms with Crippen molar-refractivity contribution in [3.63, 3.8) is 0 Å². The minimum absolute atomic E-state index is 0.302. The third kappa shape index (κ3) is 4.42. The predicted molar refractivity (Wildman–Crippen MR) is 122 cm³/mol. The van der Waals surface area contributed by atoms with Crippen LogP contribution in [0.4, 0.5) is 0 Å². The molecule has 0 N–H and O–H groups in total. The highest BCUT2D eigenvalue weighted by atomic mass is 16.5. The van der Waals surface area contributed by atoms with Gasteiger partial charge < -0.3 is 9.30 Å². The van der Waals surface area contributed by atoms with E-state index in [4.69, 9.17) is 4.74 Å². The summed E-state index contributed by atoms with van der Waals surface area (Å²) in [5, 5.41) is 9.71. The Labute approximate surface area is 183 Å². The Balaban J connectivity index is 1.75. The standard InChI is InChI=1S/C27H25N3O/c1-19-8-10-21(11-9-19)17-31-27(26-16-29-18-30(26)3)22-12-13-23(15-28)25(14-22)24-7-5-4-6-20(24)2/h4-14,16,18,27H,17H2,1-3H3. The van der Waals surface area contributed by atoms with Crippen molar-refractivity contribution in [3.8, 4) is 17.2 Å². The molecule has 0 aliphatic rings. The Morgan fingerprint density at radius 3 is 2.45 bits per heavy atom. The molecule has 0 radical (unpaired) electrons. The second-order valence-corrected chi connectivity index (χ2v) is 7.84.